The molecule has 0 spiro atoms. The summed E-state index contributed by atoms with van der Waals surface area (Å²) >= 11 is 5.89. The summed E-state index contributed by atoms with van der Waals surface area (Å²) in [5.74, 6) is 0.512. The van der Waals surface area contributed by atoms with Crippen LogP contribution in [0.1, 0.15) is 24.5 Å². The Morgan fingerprint density at radius 1 is 1.44 bits per heavy atom. The number of aliphatic hydroxyl groups is 1. The summed E-state index contributed by atoms with van der Waals surface area (Å²) in [6.45, 7) is 6.27. The zero-order chi connectivity index (χ0) is 12.0. The Balaban J connectivity index is 2.37. The van der Waals surface area contributed by atoms with Crippen LogP contribution in [0, 0.1) is 12.8 Å². The molecule has 2 nitrogen and oxygen atoms in total. The summed E-state index contributed by atoms with van der Waals surface area (Å²) < 4.78 is 0. The molecular weight excluding hydrogens is 222 g/mol. The summed E-state index contributed by atoms with van der Waals surface area (Å²) in [7, 11) is 0. The predicted octanol–water partition coefficient (Wildman–Crippen LogP) is 2.76. The van der Waals surface area contributed by atoms with E-state index in [-0.39, 0.29) is 6.61 Å². The predicted molar refractivity (Wildman–Crippen MR) is 68.8 cm³/mol. The van der Waals surface area contributed by atoms with E-state index in [1.165, 1.54) is 11.1 Å². The number of halogens is 1. The molecule has 0 aliphatic heterocycles. The largest absolute Gasteiger partial charge is 0.396 e. The van der Waals surface area contributed by atoms with Crippen molar-refractivity contribution < 1.29 is 5.11 Å². The monoisotopic (exact) mass is 241 g/mol. The highest BCUT2D eigenvalue weighted by Crippen LogP contribution is 2.15. The maximum Gasteiger partial charge on any atom is 0.0434 e. The lowest BCUT2D eigenvalue weighted by molar-refractivity contribution is 0.260. The van der Waals surface area contributed by atoms with Gasteiger partial charge in [0, 0.05) is 18.2 Å². The SMILES string of the molecule is Cc1cc(Cl)ccc1CNC[C@@H](C)CCO. The fourth-order valence-corrected chi connectivity index (χ4v) is 1.86. The minimum Gasteiger partial charge on any atom is -0.396 e. The molecule has 90 valence electrons. The minimum atomic E-state index is 0.267. The molecule has 1 aromatic rings. The first kappa shape index (κ1) is 13.5. The Morgan fingerprint density at radius 3 is 2.81 bits per heavy atom. The number of aliphatic hydroxyl groups excluding tert-OH is 1. The summed E-state index contributed by atoms with van der Waals surface area (Å²) in [5, 5.41) is 13.0. The number of hydrogen-bond acceptors (Lipinski definition) is 2. The number of hydrogen-bond donors (Lipinski definition) is 2. The normalized spacial score (nSPS) is 12.8. The van der Waals surface area contributed by atoms with E-state index < -0.39 is 0 Å². The van der Waals surface area contributed by atoms with Crippen LogP contribution in [0.15, 0.2) is 18.2 Å². The van der Waals surface area contributed by atoms with Gasteiger partial charge in [-0.1, -0.05) is 24.6 Å². The van der Waals surface area contributed by atoms with E-state index in [4.69, 9.17) is 16.7 Å². The van der Waals surface area contributed by atoms with Crippen LogP contribution < -0.4 is 5.32 Å². The molecule has 0 radical (unpaired) electrons. The molecule has 0 aliphatic rings. The van der Waals surface area contributed by atoms with E-state index in [0.717, 1.165) is 24.5 Å². The van der Waals surface area contributed by atoms with Crippen LogP contribution in [0.25, 0.3) is 0 Å². The van der Waals surface area contributed by atoms with Crippen molar-refractivity contribution in [2.24, 2.45) is 5.92 Å². The van der Waals surface area contributed by atoms with Crippen LogP contribution in [0.5, 0.6) is 0 Å². The highest BCUT2D eigenvalue weighted by Gasteiger charge is 2.02. The molecule has 0 amide bonds. The number of benzene rings is 1. The van der Waals surface area contributed by atoms with Gasteiger partial charge in [-0.25, -0.2) is 0 Å². The van der Waals surface area contributed by atoms with Crippen molar-refractivity contribution in [1.29, 1.82) is 0 Å². The Hall–Kier alpha value is -0.570. The van der Waals surface area contributed by atoms with E-state index in [9.17, 15) is 0 Å². The van der Waals surface area contributed by atoms with Gasteiger partial charge in [0.05, 0.1) is 0 Å². The van der Waals surface area contributed by atoms with Crippen LogP contribution in [0.2, 0.25) is 5.02 Å². The number of rotatable bonds is 6. The summed E-state index contributed by atoms with van der Waals surface area (Å²) in [5.41, 5.74) is 2.50. The van der Waals surface area contributed by atoms with Gasteiger partial charge in [-0.05, 0) is 49.1 Å². The molecule has 0 saturated heterocycles. The van der Waals surface area contributed by atoms with Gasteiger partial charge in [0.25, 0.3) is 0 Å². The standard InChI is InChI=1S/C13H20ClNO/c1-10(5-6-16)8-15-9-12-3-4-13(14)7-11(12)2/h3-4,7,10,15-16H,5-6,8-9H2,1-2H3/t10-/m0/s1. The molecule has 0 heterocycles. The zero-order valence-corrected chi connectivity index (χ0v) is 10.7. The average molecular weight is 242 g/mol. The highest BCUT2D eigenvalue weighted by atomic mass is 35.5. The third-order valence-electron chi connectivity index (χ3n) is 2.73. The molecule has 0 fully saturated rings. The summed E-state index contributed by atoms with van der Waals surface area (Å²) in [4.78, 5) is 0. The van der Waals surface area contributed by atoms with Crippen molar-refractivity contribution in [3.05, 3.63) is 34.3 Å². The van der Waals surface area contributed by atoms with Crippen LogP contribution in [-0.2, 0) is 6.54 Å². The molecule has 0 aliphatic carbocycles. The Morgan fingerprint density at radius 2 is 2.19 bits per heavy atom. The molecule has 1 aromatic carbocycles. The van der Waals surface area contributed by atoms with E-state index >= 15 is 0 Å². The van der Waals surface area contributed by atoms with Crippen LogP contribution in [-0.4, -0.2) is 18.3 Å². The van der Waals surface area contributed by atoms with Crippen molar-refractivity contribution in [1.82, 2.24) is 5.32 Å². The van der Waals surface area contributed by atoms with Crippen molar-refractivity contribution >= 4 is 11.6 Å². The van der Waals surface area contributed by atoms with Crippen molar-refractivity contribution in [3.8, 4) is 0 Å². The minimum absolute atomic E-state index is 0.267. The molecule has 2 N–H and O–H groups in total. The number of aryl methyl sites for hydroxylation is 1. The van der Waals surface area contributed by atoms with Gasteiger partial charge in [-0.15, -0.1) is 0 Å². The molecule has 0 bridgehead atoms. The highest BCUT2D eigenvalue weighted by molar-refractivity contribution is 6.30. The second-order valence-electron chi connectivity index (χ2n) is 4.32. The Bertz CT molecular complexity index is 328. The first-order chi connectivity index (χ1) is 7.63. The Labute approximate surface area is 103 Å². The molecule has 3 heteroatoms. The quantitative estimate of drug-likeness (QED) is 0.803. The smallest absolute Gasteiger partial charge is 0.0434 e. The first-order valence-electron chi connectivity index (χ1n) is 5.70. The fraction of sp³-hybridized carbons (Fsp3) is 0.538. The van der Waals surface area contributed by atoms with Gasteiger partial charge < -0.3 is 10.4 Å². The fourth-order valence-electron chi connectivity index (χ4n) is 1.63. The van der Waals surface area contributed by atoms with E-state index in [2.05, 4.69) is 25.2 Å². The van der Waals surface area contributed by atoms with Crippen LogP contribution in [0.3, 0.4) is 0 Å². The molecule has 1 atom stereocenters. The van der Waals surface area contributed by atoms with E-state index in [1.807, 2.05) is 12.1 Å². The third-order valence-corrected chi connectivity index (χ3v) is 2.97. The summed E-state index contributed by atoms with van der Waals surface area (Å²) in [6, 6.07) is 5.96. The van der Waals surface area contributed by atoms with E-state index in [0.29, 0.717) is 5.92 Å². The van der Waals surface area contributed by atoms with Gasteiger partial charge in [0.2, 0.25) is 0 Å². The lowest BCUT2D eigenvalue weighted by atomic mass is 10.1. The second kappa shape index (κ2) is 6.89. The maximum atomic E-state index is 8.79. The first-order valence-corrected chi connectivity index (χ1v) is 6.08. The summed E-state index contributed by atoms with van der Waals surface area (Å²) in [6.07, 6.45) is 0.854. The van der Waals surface area contributed by atoms with Gasteiger partial charge in [-0.2, -0.15) is 0 Å². The molecule has 0 aromatic heterocycles. The topological polar surface area (TPSA) is 32.3 Å². The van der Waals surface area contributed by atoms with E-state index in [1.54, 1.807) is 0 Å². The van der Waals surface area contributed by atoms with Crippen molar-refractivity contribution in [2.75, 3.05) is 13.2 Å². The lowest BCUT2D eigenvalue weighted by Crippen LogP contribution is -2.21. The van der Waals surface area contributed by atoms with Gasteiger partial charge in [0.15, 0.2) is 0 Å². The molecule has 0 unspecified atom stereocenters. The van der Waals surface area contributed by atoms with Gasteiger partial charge >= 0.3 is 0 Å². The Kier molecular flexibility index (Phi) is 5.81. The zero-order valence-electron chi connectivity index (χ0n) is 9.96. The van der Waals surface area contributed by atoms with Crippen molar-refractivity contribution in [3.63, 3.8) is 0 Å². The lowest BCUT2D eigenvalue weighted by Gasteiger charge is -2.12. The third kappa shape index (κ3) is 4.52. The molecule has 0 saturated carbocycles. The van der Waals surface area contributed by atoms with Gasteiger partial charge in [-0.3, -0.25) is 0 Å². The molecule has 1 rings (SSSR count). The van der Waals surface area contributed by atoms with Crippen LogP contribution >= 0.6 is 11.6 Å². The molecule has 16 heavy (non-hydrogen) atoms. The maximum absolute atomic E-state index is 8.79. The average Bonchev–Trinajstić information content (AvgIpc) is 2.22. The molecular formula is C13H20ClNO. The second-order valence-corrected chi connectivity index (χ2v) is 4.76. The van der Waals surface area contributed by atoms with Crippen LogP contribution in [0.4, 0.5) is 0 Å². The van der Waals surface area contributed by atoms with Gasteiger partial charge in [0.1, 0.15) is 0 Å². The number of nitrogens with one attached hydrogen (secondary N) is 1. The van der Waals surface area contributed by atoms with Crippen molar-refractivity contribution in [2.45, 2.75) is 26.8 Å².